The van der Waals surface area contributed by atoms with Crippen molar-refractivity contribution in [3.05, 3.63) is 91.9 Å². The number of thiocarbonyl (C=S) groups is 1. The van der Waals surface area contributed by atoms with E-state index in [9.17, 15) is 9.59 Å². The maximum absolute atomic E-state index is 12.1. The van der Waals surface area contributed by atoms with Crippen molar-refractivity contribution in [3.63, 3.8) is 0 Å². The minimum atomic E-state index is -0.554. The number of methoxy groups -OCH3 is 1. The average Bonchev–Trinajstić information content (AvgIpc) is 2.85. The van der Waals surface area contributed by atoms with E-state index in [0.29, 0.717) is 38.4 Å². The third-order valence-electron chi connectivity index (χ3n) is 5.12. The van der Waals surface area contributed by atoms with Gasteiger partial charge in [-0.05, 0) is 91.1 Å². The van der Waals surface area contributed by atoms with Crippen molar-refractivity contribution in [3.8, 4) is 17.2 Å². The topological polar surface area (TPSA) is 85.9 Å². The Morgan fingerprint density at radius 3 is 2.11 bits per heavy atom. The first-order valence-electron chi connectivity index (χ1n) is 10.7. The first-order chi connectivity index (χ1) is 17.3. The van der Waals surface area contributed by atoms with Crippen LogP contribution in [0.15, 0.2) is 75.2 Å². The van der Waals surface area contributed by atoms with Gasteiger partial charge in [0.05, 0.1) is 16.1 Å². The summed E-state index contributed by atoms with van der Waals surface area (Å²) in [5.74, 6) is 0.708. The molecule has 36 heavy (non-hydrogen) atoms. The first-order valence-corrected chi connectivity index (χ1v) is 12.7. The zero-order valence-corrected chi connectivity index (χ0v) is 23.0. The SMILES string of the molecule is COc1cc(COc2c(Br)cc(C=C3C(=O)NC(=S)NC3=O)cc2Br)ccc1OCc1ccccc1. The van der Waals surface area contributed by atoms with Crippen molar-refractivity contribution in [1.29, 1.82) is 0 Å². The highest BCUT2D eigenvalue weighted by molar-refractivity contribution is 9.11. The smallest absolute Gasteiger partial charge is 0.263 e. The molecule has 0 bridgehead atoms. The molecule has 0 aliphatic carbocycles. The van der Waals surface area contributed by atoms with Gasteiger partial charge < -0.3 is 14.2 Å². The molecule has 7 nitrogen and oxygen atoms in total. The van der Waals surface area contributed by atoms with E-state index in [2.05, 4.69) is 42.5 Å². The minimum Gasteiger partial charge on any atom is -0.493 e. The van der Waals surface area contributed by atoms with Crippen LogP contribution in [0, 0.1) is 0 Å². The Balaban J connectivity index is 1.45. The van der Waals surface area contributed by atoms with E-state index < -0.39 is 11.8 Å². The zero-order valence-electron chi connectivity index (χ0n) is 19.0. The summed E-state index contributed by atoms with van der Waals surface area (Å²) >= 11 is 11.8. The fourth-order valence-corrected chi connectivity index (χ4v) is 5.02. The number of ether oxygens (including phenoxy) is 3. The summed E-state index contributed by atoms with van der Waals surface area (Å²) in [6.45, 7) is 0.709. The molecule has 0 aromatic heterocycles. The molecule has 0 radical (unpaired) electrons. The van der Waals surface area contributed by atoms with Gasteiger partial charge in [-0.1, -0.05) is 36.4 Å². The summed E-state index contributed by atoms with van der Waals surface area (Å²) in [5.41, 5.74) is 2.53. The molecule has 10 heteroatoms. The van der Waals surface area contributed by atoms with Crippen LogP contribution >= 0.6 is 44.1 Å². The first kappa shape index (κ1) is 25.9. The number of rotatable bonds is 8. The molecule has 1 heterocycles. The molecule has 1 aliphatic rings. The van der Waals surface area contributed by atoms with Gasteiger partial charge in [-0.25, -0.2) is 0 Å². The molecule has 1 aliphatic heterocycles. The Morgan fingerprint density at radius 2 is 1.47 bits per heavy atom. The molecule has 1 saturated heterocycles. The Morgan fingerprint density at radius 1 is 0.833 bits per heavy atom. The number of benzene rings is 3. The summed E-state index contributed by atoms with van der Waals surface area (Å²) < 4.78 is 18.7. The molecule has 0 spiro atoms. The molecular weight excluding hydrogens is 612 g/mol. The second-order valence-corrected chi connectivity index (χ2v) is 9.77. The van der Waals surface area contributed by atoms with E-state index in [4.69, 9.17) is 26.4 Å². The number of carbonyl (C=O) groups excluding carboxylic acids is 2. The van der Waals surface area contributed by atoms with Crippen LogP contribution in [0.4, 0.5) is 0 Å². The second-order valence-electron chi connectivity index (χ2n) is 7.66. The molecule has 2 amide bonds. The highest BCUT2D eigenvalue weighted by atomic mass is 79.9. The van der Waals surface area contributed by atoms with Crippen molar-refractivity contribution < 1.29 is 23.8 Å². The van der Waals surface area contributed by atoms with Crippen molar-refractivity contribution in [2.75, 3.05) is 7.11 Å². The third kappa shape index (κ3) is 6.31. The van der Waals surface area contributed by atoms with Crippen LogP contribution in [0.5, 0.6) is 17.2 Å². The van der Waals surface area contributed by atoms with Crippen LogP contribution in [-0.4, -0.2) is 24.0 Å². The largest absolute Gasteiger partial charge is 0.493 e. The molecule has 3 aromatic rings. The lowest BCUT2D eigenvalue weighted by molar-refractivity contribution is -0.123. The Kier molecular flexibility index (Phi) is 8.40. The van der Waals surface area contributed by atoms with Gasteiger partial charge in [0.15, 0.2) is 16.6 Å². The van der Waals surface area contributed by atoms with E-state index in [1.54, 1.807) is 19.2 Å². The highest BCUT2D eigenvalue weighted by Gasteiger charge is 2.25. The van der Waals surface area contributed by atoms with Crippen LogP contribution < -0.4 is 24.8 Å². The standard InChI is InChI=1S/C26H20Br2N2O5S/c1-33-22-12-16(7-8-21(22)34-13-15-5-3-2-4-6-15)14-35-23-19(27)10-17(11-20(23)28)9-18-24(31)29-26(36)30-25(18)32/h2-12H,13-14H2,1H3,(H2,29,30,31,32,36). The van der Waals surface area contributed by atoms with Crippen LogP contribution in [0.1, 0.15) is 16.7 Å². The highest BCUT2D eigenvalue weighted by Crippen LogP contribution is 2.37. The number of amides is 2. The Bertz CT molecular complexity index is 1320. The number of hydrogen-bond donors (Lipinski definition) is 2. The molecule has 4 rings (SSSR count). The molecule has 0 atom stereocenters. The van der Waals surface area contributed by atoms with Gasteiger partial charge in [0.2, 0.25) is 0 Å². The normalized spacial score (nSPS) is 13.1. The average molecular weight is 632 g/mol. The van der Waals surface area contributed by atoms with Crippen molar-refractivity contribution in [2.24, 2.45) is 0 Å². The van der Waals surface area contributed by atoms with Gasteiger partial charge in [-0.3, -0.25) is 20.2 Å². The summed E-state index contributed by atoms with van der Waals surface area (Å²) in [7, 11) is 1.59. The fourth-order valence-electron chi connectivity index (χ4n) is 3.39. The lowest BCUT2D eigenvalue weighted by atomic mass is 10.1. The van der Waals surface area contributed by atoms with Gasteiger partial charge in [0.1, 0.15) is 24.5 Å². The number of halogens is 2. The van der Waals surface area contributed by atoms with Gasteiger partial charge in [-0.15, -0.1) is 0 Å². The molecule has 1 fully saturated rings. The van der Waals surface area contributed by atoms with Gasteiger partial charge in [-0.2, -0.15) is 0 Å². The fraction of sp³-hybridized carbons (Fsp3) is 0.115. The van der Waals surface area contributed by atoms with E-state index in [-0.39, 0.29) is 17.3 Å². The van der Waals surface area contributed by atoms with Crippen molar-refractivity contribution in [2.45, 2.75) is 13.2 Å². The quantitative estimate of drug-likeness (QED) is 0.200. The summed E-state index contributed by atoms with van der Waals surface area (Å²) in [5, 5.41) is 4.81. The summed E-state index contributed by atoms with van der Waals surface area (Å²) in [6, 6.07) is 19.0. The van der Waals surface area contributed by atoms with Crippen LogP contribution in [0.3, 0.4) is 0 Å². The number of nitrogens with one attached hydrogen (secondary N) is 2. The van der Waals surface area contributed by atoms with E-state index in [1.165, 1.54) is 6.08 Å². The van der Waals surface area contributed by atoms with Gasteiger partial charge in [0.25, 0.3) is 11.8 Å². The van der Waals surface area contributed by atoms with Crippen LogP contribution in [0.2, 0.25) is 0 Å². The zero-order chi connectivity index (χ0) is 25.7. The lowest BCUT2D eigenvalue weighted by Gasteiger charge is -2.17. The van der Waals surface area contributed by atoms with Crippen molar-refractivity contribution in [1.82, 2.24) is 10.6 Å². The predicted molar refractivity (Wildman–Crippen MR) is 147 cm³/mol. The maximum atomic E-state index is 12.1. The van der Waals surface area contributed by atoms with Gasteiger partial charge >= 0.3 is 0 Å². The van der Waals surface area contributed by atoms with Gasteiger partial charge in [0, 0.05) is 0 Å². The third-order valence-corrected chi connectivity index (χ3v) is 6.51. The monoisotopic (exact) mass is 630 g/mol. The predicted octanol–water partition coefficient (Wildman–Crippen LogP) is 5.29. The molecular formula is C26H20Br2N2O5S. The molecule has 3 aromatic carbocycles. The van der Waals surface area contributed by atoms with Crippen molar-refractivity contribution >= 4 is 67.1 Å². The van der Waals surface area contributed by atoms with E-state index in [0.717, 1.165) is 11.1 Å². The Hall–Kier alpha value is -3.21. The summed E-state index contributed by atoms with van der Waals surface area (Å²) in [6.07, 6.45) is 1.48. The Labute approximate surface area is 230 Å². The second kappa shape index (κ2) is 11.7. The molecule has 2 N–H and O–H groups in total. The molecule has 0 unspecified atom stereocenters. The maximum Gasteiger partial charge on any atom is 0.263 e. The lowest BCUT2D eigenvalue weighted by Crippen LogP contribution is -2.51. The number of hydrogen-bond acceptors (Lipinski definition) is 6. The van der Waals surface area contributed by atoms with E-state index in [1.807, 2.05) is 48.5 Å². The number of carbonyl (C=O) groups is 2. The van der Waals surface area contributed by atoms with Crippen LogP contribution in [-0.2, 0) is 22.8 Å². The van der Waals surface area contributed by atoms with E-state index >= 15 is 0 Å². The minimum absolute atomic E-state index is 0.0133. The summed E-state index contributed by atoms with van der Waals surface area (Å²) in [4.78, 5) is 24.2. The molecule has 0 saturated carbocycles. The molecule has 184 valence electrons. The van der Waals surface area contributed by atoms with Crippen LogP contribution in [0.25, 0.3) is 6.08 Å².